The lowest BCUT2D eigenvalue weighted by atomic mass is 10.1. The summed E-state index contributed by atoms with van der Waals surface area (Å²) in [6.07, 6.45) is 1.17. The quantitative estimate of drug-likeness (QED) is 0.868. The minimum absolute atomic E-state index is 0.0991. The molecule has 1 aromatic carbocycles. The molecular weight excluding hydrogens is 257 g/mol. The summed E-state index contributed by atoms with van der Waals surface area (Å²) < 4.78 is 35.5. The van der Waals surface area contributed by atoms with Crippen LogP contribution in [0.15, 0.2) is 18.2 Å². The second-order valence-electron chi connectivity index (χ2n) is 4.62. The number of phenols is 1. The molecule has 4 nitrogen and oxygen atoms in total. The van der Waals surface area contributed by atoms with Gasteiger partial charge in [-0.25, -0.2) is 12.8 Å². The first-order chi connectivity index (χ1) is 8.44. The van der Waals surface area contributed by atoms with E-state index in [1.54, 1.807) is 0 Å². The minimum Gasteiger partial charge on any atom is -0.508 e. The molecule has 1 aliphatic rings. The SMILES string of the molecule is O=S1(=O)CCC(NCc2cc(O)cc(F)c2)CC1. The van der Waals surface area contributed by atoms with Crippen LogP contribution in [0.4, 0.5) is 4.39 Å². The van der Waals surface area contributed by atoms with E-state index in [0.717, 1.165) is 6.07 Å². The number of rotatable bonds is 3. The van der Waals surface area contributed by atoms with Crippen molar-refractivity contribution in [2.75, 3.05) is 11.5 Å². The van der Waals surface area contributed by atoms with Crippen molar-refractivity contribution in [1.29, 1.82) is 0 Å². The molecule has 0 saturated carbocycles. The van der Waals surface area contributed by atoms with E-state index in [0.29, 0.717) is 24.9 Å². The first-order valence-corrected chi connectivity index (χ1v) is 7.69. The predicted octanol–water partition coefficient (Wildman–Crippen LogP) is 1.20. The number of nitrogens with one attached hydrogen (secondary N) is 1. The fourth-order valence-corrected chi connectivity index (χ4v) is 3.58. The van der Waals surface area contributed by atoms with Crippen LogP contribution in [-0.4, -0.2) is 31.1 Å². The van der Waals surface area contributed by atoms with E-state index in [1.165, 1.54) is 12.1 Å². The minimum atomic E-state index is -2.85. The fraction of sp³-hybridized carbons (Fsp3) is 0.500. The molecule has 2 rings (SSSR count). The fourth-order valence-electron chi connectivity index (χ4n) is 2.09. The summed E-state index contributed by atoms with van der Waals surface area (Å²) in [7, 11) is -2.85. The summed E-state index contributed by atoms with van der Waals surface area (Å²) in [5.74, 6) is -0.158. The predicted molar refractivity (Wildman–Crippen MR) is 66.6 cm³/mol. The highest BCUT2D eigenvalue weighted by atomic mass is 32.2. The van der Waals surface area contributed by atoms with E-state index in [1.807, 2.05) is 0 Å². The van der Waals surface area contributed by atoms with Gasteiger partial charge in [0.15, 0.2) is 0 Å². The van der Waals surface area contributed by atoms with Crippen molar-refractivity contribution in [1.82, 2.24) is 5.32 Å². The molecule has 0 atom stereocenters. The highest BCUT2D eigenvalue weighted by Gasteiger charge is 2.22. The number of aromatic hydroxyl groups is 1. The molecule has 0 unspecified atom stereocenters. The van der Waals surface area contributed by atoms with Crippen LogP contribution in [0.3, 0.4) is 0 Å². The van der Waals surface area contributed by atoms with E-state index in [4.69, 9.17) is 0 Å². The first kappa shape index (κ1) is 13.3. The monoisotopic (exact) mass is 273 g/mol. The van der Waals surface area contributed by atoms with Gasteiger partial charge in [-0.1, -0.05) is 0 Å². The highest BCUT2D eigenvalue weighted by Crippen LogP contribution is 2.16. The van der Waals surface area contributed by atoms with Gasteiger partial charge < -0.3 is 10.4 Å². The van der Waals surface area contributed by atoms with Crippen molar-refractivity contribution in [3.8, 4) is 5.75 Å². The van der Waals surface area contributed by atoms with Gasteiger partial charge in [-0.05, 0) is 30.5 Å². The third-order valence-corrected chi connectivity index (χ3v) is 4.81. The first-order valence-electron chi connectivity index (χ1n) is 5.87. The van der Waals surface area contributed by atoms with Crippen LogP contribution >= 0.6 is 0 Å². The Morgan fingerprint density at radius 3 is 2.56 bits per heavy atom. The third-order valence-electron chi connectivity index (χ3n) is 3.09. The molecule has 0 radical (unpaired) electrons. The number of hydrogen-bond donors (Lipinski definition) is 2. The van der Waals surface area contributed by atoms with Crippen LogP contribution in [0.1, 0.15) is 18.4 Å². The van der Waals surface area contributed by atoms with Crippen LogP contribution in [-0.2, 0) is 16.4 Å². The standard InChI is InChI=1S/C12H16FNO3S/c13-10-5-9(6-12(15)7-10)8-14-11-1-3-18(16,17)4-2-11/h5-7,11,14-15H,1-4,8H2. The molecule has 0 amide bonds. The van der Waals surface area contributed by atoms with Gasteiger partial charge >= 0.3 is 0 Å². The Hall–Kier alpha value is -1.14. The molecule has 0 spiro atoms. The summed E-state index contributed by atoms with van der Waals surface area (Å²) in [5.41, 5.74) is 0.654. The summed E-state index contributed by atoms with van der Waals surface area (Å²) >= 11 is 0. The molecule has 1 heterocycles. The largest absolute Gasteiger partial charge is 0.508 e. The highest BCUT2D eigenvalue weighted by molar-refractivity contribution is 7.91. The Morgan fingerprint density at radius 1 is 1.28 bits per heavy atom. The molecule has 0 aliphatic carbocycles. The van der Waals surface area contributed by atoms with Crippen molar-refractivity contribution in [2.24, 2.45) is 0 Å². The Morgan fingerprint density at radius 2 is 1.94 bits per heavy atom. The van der Waals surface area contributed by atoms with Crippen molar-refractivity contribution in [2.45, 2.75) is 25.4 Å². The zero-order chi connectivity index (χ0) is 13.2. The molecule has 0 bridgehead atoms. The second kappa shape index (κ2) is 5.24. The van der Waals surface area contributed by atoms with Crippen LogP contribution in [0.5, 0.6) is 5.75 Å². The molecule has 1 saturated heterocycles. The summed E-state index contributed by atoms with van der Waals surface area (Å²) in [4.78, 5) is 0. The Balaban J connectivity index is 1.88. The van der Waals surface area contributed by atoms with Crippen LogP contribution in [0.25, 0.3) is 0 Å². The molecule has 18 heavy (non-hydrogen) atoms. The normalized spacial score (nSPS) is 19.8. The zero-order valence-corrected chi connectivity index (χ0v) is 10.7. The summed E-state index contributed by atoms with van der Waals surface area (Å²) in [6.45, 7) is 0.427. The number of halogens is 1. The molecule has 100 valence electrons. The maximum absolute atomic E-state index is 13.0. The Bertz CT molecular complexity index is 496. The van der Waals surface area contributed by atoms with Gasteiger partial charge in [0.25, 0.3) is 0 Å². The van der Waals surface area contributed by atoms with Gasteiger partial charge in [-0.3, -0.25) is 0 Å². The van der Waals surface area contributed by atoms with Crippen LogP contribution in [0.2, 0.25) is 0 Å². The number of benzene rings is 1. The maximum atomic E-state index is 13.0. The molecule has 1 fully saturated rings. The van der Waals surface area contributed by atoms with Gasteiger partial charge in [0.05, 0.1) is 11.5 Å². The molecule has 2 N–H and O–H groups in total. The molecule has 1 aromatic rings. The van der Waals surface area contributed by atoms with E-state index in [-0.39, 0.29) is 23.3 Å². The molecular formula is C12H16FNO3S. The topological polar surface area (TPSA) is 66.4 Å². The smallest absolute Gasteiger partial charge is 0.150 e. The van der Waals surface area contributed by atoms with E-state index < -0.39 is 15.7 Å². The zero-order valence-electron chi connectivity index (χ0n) is 9.89. The van der Waals surface area contributed by atoms with Crippen LogP contribution < -0.4 is 5.32 Å². The van der Waals surface area contributed by atoms with E-state index >= 15 is 0 Å². The Kier molecular flexibility index (Phi) is 3.87. The third kappa shape index (κ3) is 3.68. The Labute approximate surface area is 106 Å². The van der Waals surface area contributed by atoms with Crippen LogP contribution in [0, 0.1) is 5.82 Å². The summed E-state index contributed by atoms with van der Waals surface area (Å²) in [6, 6.07) is 4.04. The molecule has 0 aromatic heterocycles. The lowest BCUT2D eigenvalue weighted by Crippen LogP contribution is -2.37. The van der Waals surface area contributed by atoms with Gasteiger partial charge in [0.1, 0.15) is 21.4 Å². The number of sulfone groups is 1. The molecule has 1 aliphatic heterocycles. The number of phenolic OH excluding ortho intramolecular Hbond substituents is 1. The number of hydrogen-bond acceptors (Lipinski definition) is 4. The average molecular weight is 273 g/mol. The van der Waals surface area contributed by atoms with Gasteiger partial charge in [0.2, 0.25) is 0 Å². The lowest BCUT2D eigenvalue weighted by molar-refractivity contribution is 0.454. The summed E-state index contributed by atoms with van der Waals surface area (Å²) in [5, 5.41) is 12.4. The van der Waals surface area contributed by atoms with E-state index in [2.05, 4.69) is 5.32 Å². The van der Waals surface area contributed by atoms with Crippen molar-refractivity contribution in [3.63, 3.8) is 0 Å². The van der Waals surface area contributed by atoms with Crippen molar-refractivity contribution in [3.05, 3.63) is 29.6 Å². The van der Waals surface area contributed by atoms with Gasteiger partial charge in [0, 0.05) is 18.7 Å². The van der Waals surface area contributed by atoms with Crippen molar-refractivity contribution < 1.29 is 17.9 Å². The van der Waals surface area contributed by atoms with Gasteiger partial charge in [-0.2, -0.15) is 0 Å². The lowest BCUT2D eigenvalue weighted by Gasteiger charge is -2.23. The van der Waals surface area contributed by atoms with Crippen molar-refractivity contribution >= 4 is 9.84 Å². The average Bonchev–Trinajstić information content (AvgIpc) is 2.26. The maximum Gasteiger partial charge on any atom is 0.150 e. The second-order valence-corrected chi connectivity index (χ2v) is 6.93. The molecule has 6 heteroatoms. The van der Waals surface area contributed by atoms with Gasteiger partial charge in [-0.15, -0.1) is 0 Å². The van der Waals surface area contributed by atoms with E-state index in [9.17, 15) is 17.9 Å².